The first-order chi connectivity index (χ1) is 9.28. The monoisotopic (exact) mass is 278 g/mol. The van der Waals surface area contributed by atoms with Crippen LogP contribution in [0.5, 0.6) is 0 Å². The SMILES string of the molecule is Cc1ncsc1-c1nc(N2CCC(CN)CC2)n[nH]1. The Labute approximate surface area is 116 Å². The highest BCUT2D eigenvalue weighted by molar-refractivity contribution is 7.13. The average molecular weight is 278 g/mol. The second kappa shape index (κ2) is 5.26. The Bertz CT molecular complexity index is 540. The van der Waals surface area contributed by atoms with Crippen LogP contribution in [0.4, 0.5) is 5.95 Å². The minimum absolute atomic E-state index is 0.651. The summed E-state index contributed by atoms with van der Waals surface area (Å²) in [7, 11) is 0. The molecule has 1 fully saturated rings. The number of piperidine rings is 1. The van der Waals surface area contributed by atoms with Gasteiger partial charge in [-0.3, -0.25) is 5.10 Å². The summed E-state index contributed by atoms with van der Waals surface area (Å²) in [5, 5.41) is 7.34. The lowest BCUT2D eigenvalue weighted by Crippen LogP contribution is -2.36. The molecule has 3 rings (SSSR count). The van der Waals surface area contributed by atoms with Gasteiger partial charge in [0.25, 0.3) is 0 Å². The van der Waals surface area contributed by atoms with Crippen LogP contribution in [-0.4, -0.2) is 39.8 Å². The van der Waals surface area contributed by atoms with Crippen molar-refractivity contribution in [2.45, 2.75) is 19.8 Å². The van der Waals surface area contributed by atoms with Gasteiger partial charge in [0, 0.05) is 13.1 Å². The van der Waals surface area contributed by atoms with Gasteiger partial charge in [-0.2, -0.15) is 4.98 Å². The lowest BCUT2D eigenvalue weighted by atomic mass is 9.97. The first-order valence-corrected chi connectivity index (χ1v) is 7.43. The predicted molar refractivity (Wildman–Crippen MR) is 76.2 cm³/mol. The van der Waals surface area contributed by atoms with Crippen molar-refractivity contribution in [3.05, 3.63) is 11.2 Å². The van der Waals surface area contributed by atoms with E-state index in [0.717, 1.165) is 54.8 Å². The fourth-order valence-corrected chi connectivity index (χ4v) is 3.14. The Morgan fingerprint density at radius 3 is 2.89 bits per heavy atom. The molecule has 6 nitrogen and oxygen atoms in total. The smallest absolute Gasteiger partial charge is 0.245 e. The van der Waals surface area contributed by atoms with E-state index in [1.54, 1.807) is 11.3 Å². The van der Waals surface area contributed by atoms with Gasteiger partial charge in [-0.05, 0) is 32.2 Å². The highest BCUT2D eigenvalue weighted by atomic mass is 32.1. The second-order valence-electron chi connectivity index (χ2n) is 4.92. The highest BCUT2D eigenvalue weighted by Gasteiger charge is 2.21. The molecule has 0 aromatic carbocycles. The zero-order valence-electron chi connectivity index (χ0n) is 11.0. The number of nitrogens with two attached hydrogens (primary N) is 1. The van der Waals surface area contributed by atoms with Gasteiger partial charge < -0.3 is 10.6 Å². The Morgan fingerprint density at radius 2 is 2.26 bits per heavy atom. The summed E-state index contributed by atoms with van der Waals surface area (Å²) in [4.78, 5) is 12.1. The predicted octanol–water partition coefficient (Wildman–Crippen LogP) is 1.41. The molecular weight excluding hydrogens is 260 g/mol. The van der Waals surface area contributed by atoms with E-state index in [1.807, 2.05) is 12.4 Å². The molecule has 0 spiro atoms. The fourth-order valence-electron chi connectivity index (χ4n) is 2.39. The Balaban J connectivity index is 1.74. The number of nitrogens with one attached hydrogen (secondary N) is 1. The molecule has 0 aliphatic carbocycles. The molecule has 1 saturated heterocycles. The van der Waals surface area contributed by atoms with E-state index >= 15 is 0 Å². The summed E-state index contributed by atoms with van der Waals surface area (Å²) in [5.74, 6) is 2.26. The Kier molecular flexibility index (Phi) is 3.48. The molecule has 0 amide bonds. The van der Waals surface area contributed by atoms with Crippen LogP contribution >= 0.6 is 11.3 Å². The van der Waals surface area contributed by atoms with Crippen LogP contribution in [-0.2, 0) is 0 Å². The third-order valence-electron chi connectivity index (χ3n) is 3.66. The summed E-state index contributed by atoms with van der Waals surface area (Å²) in [6.07, 6.45) is 2.25. The summed E-state index contributed by atoms with van der Waals surface area (Å²) in [5.41, 5.74) is 8.54. The van der Waals surface area contributed by atoms with Crippen molar-refractivity contribution in [2.24, 2.45) is 11.7 Å². The minimum atomic E-state index is 0.651. The van der Waals surface area contributed by atoms with Crippen molar-refractivity contribution in [3.63, 3.8) is 0 Å². The summed E-state index contributed by atoms with van der Waals surface area (Å²) < 4.78 is 0. The maximum atomic E-state index is 5.71. The molecule has 2 aromatic heterocycles. The molecule has 0 bridgehead atoms. The molecule has 0 unspecified atom stereocenters. The number of aryl methyl sites for hydroxylation is 1. The van der Waals surface area contributed by atoms with Crippen LogP contribution < -0.4 is 10.6 Å². The lowest BCUT2D eigenvalue weighted by molar-refractivity contribution is 0.411. The summed E-state index contributed by atoms with van der Waals surface area (Å²) >= 11 is 1.59. The largest absolute Gasteiger partial charge is 0.340 e. The molecular formula is C12H18N6S. The quantitative estimate of drug-likeness (QED) is 0.887. The second-order valence-corrected chi connectivity index (χ2v) is 5.77. The van der Waals surface area contributed by atoms with E-state index in [-0.39, 0.29) is 0 Å². The first-order valence-electron chi connectivity index (χ1n) is 6.56. The van der Waals surface area contributed by atoms with Crippen LogP contribution in [0.25, 0.3) is 10.7 Å². The Morgan fingerprint density at radius 1 is 1.47 bits per heavy atom. The molecule has 3 heterocycles. The van der Waals surface area contributed by atoms with Crippen molar-refractivity contribution in [1.29, 1.82) is 0 Å². The molecule has 1 aliphatic rings. The van der Waals surface area contributed by atoms with Crippen molar-refractivity contribution in [2.75, 3.05) is 24.5 Å². The third kappa shape index (κ3) is 2.48. The molecule has 0 radical (unpaired) electrons. The van der Waals surface area contributed by atoms with Crippen molar-refractivity contribution in [1.82, 2.24) is 20.2 Å². The average Bonchev–Trinajstić information content (AvgIpc) is 3.07. The Hall–Kier alpha value is -1.47. The molecule has 7 heteroatoms. The topological polar surface area (TPSA) is 83.7 Å². The van der Waals surface area contributed by atoms with Gasteiger partial charge in [0.1, 0.15) is 0 Å². The number of thiazole rings is 1. The van der Waals surface area contributed by atoms with Crippen molar-refractivity contribution < 1.29 is 0 Å². The van der Waals surface area contributed by atoms with Crippen LogP contribution in [0.15, 0.2) is 5.51 Å². The van der Waals surface area contributed by atoms with Crippen LogP contribution in [0.3, 0.4) is 0 Å². The van der Waals surface area contributed by atoms with Crippen LogP contribution in [0.1, 0.15) is 18.5 Å². The molecule has 0 saturated carbocycles. The third-order valence-corrected chi connectivity index (χ3v) is 4.60. The van der Waals surface area contributed by atoms with Gasteiger partial charge >= 0.3 is 0 Å². The number of anilines is 1. The molecule has 1 aliphatic heterocycles. The van der Waals surface area contributed by atoms with E-state index < -0.39 is 0 Å². The van der Waals surface area contributed by atoms with E-state index in [0.29, 0.717) is 5.92 Å². The van der Waals surface area contributed by atoms with Gasteiger partial charge in [-0.25, -0.2) is 4.98 Å². The van der Waals surface area contributed by atoms with E-state index in [2.05, 4.69) is 25.1 Å². The number of rotatable bonds is 3. The van der Waals surface area contributed by atoms with Gasteiger partial charge in [-0.15, -0.1) is 16.4 Å². The standard InChI is InChI=1S/C12H18N6S/c1-8-10(19-7-14-8)11-15-12(17-16-11)18-4-2-9(6-13)3-5-18/h7,9H,2-6,13H2,1H3,(H,15,16,17). The van der Waals surface area contributed by atoms with Crippen molar-refractivity contribution in [3.8, 4) is 10.7 Å². The first kappa shape index (κ1) is 12.6. The number of aromatic amines is 1. The number of hydrogen-bond acceptors (Lipinski definition) is 6. The number of aromatic nitrogens is 4. The molecule has 2 aromatic rings. The number of H-pyrrole nitrogens is 1. The number of hydrogen-bond donors (Lipinski definition) is 2. The van der Waals surface area contributed by atoms with Crippen LogP contribution in [0, 0.1) is 12.8 Å². The summed E-state index contributed by atoms with van der Waals surface area (Å²) in [6, 6.07) is 0. The van der Waals surface area contributed by atoms with E-state index in [4.69, 9.17) is 5.73 Å². The molecule has 0 atom stereocenters. The fraction of sp³-hybridized carbons (Fsp3) is 0.583. The molecule has 19 heavy (non-hydrogen) atoms. The van der Waals surface area contributed by atoms with Gasteiger partial charge in [0.05, 0.1) is 16.1 Å². The lowest BCUT2D eigenvalue weighted by Gasteiger charge is -2.30. The normalized spacial score (nSPS) is 17.1. The summed E-state index contributed by atoms with van der Waals surface area (Å²) in [6.45, 7) is 4.75. The van der Waals surface area contributed by atoms with Crippen LogP contribution in [0.2, 0.25) is 0 Å². The molecule has 102 valence electrons. The maximum absolute atomic E-state index is 5.71. The van der Waals surface area contributed by atoms with Gasteiger partial charge in [0.15, 0.2) is 5.82 Å². The zero-order chi connectivity index (χ0) is 13.2. The van der Waals surface area contributed by atoms with E-state index in [1.165, 1.54) is 0 Å². The van der Waals surface area contributed by atoms with Crippen molar-refractivity contribution >= 4 is 17.3 Å². The minimum Gasteiger partial charge on any atom is -0.340 e. The zero-order valence-corrected chi connectivity index (χ0v) is 11.8. The van der Waals surface area contributed by atoms with Gasteiger partial charge in [-0.1, -0.05) is 0 Å². The van der Waals surface area contributed by atoms with Gasteiger partial charge in [0.2, 0.25) is 5.95 Å². The highest BCUT2D eigenvalue weighted by Crippen LogP contribution is 2.26. The maximum Gasteiger partial charge on any atom is 0.245 e. The molecule has 3 N–H and O–H groups in total. The van der Waals surface area contributed by atoms with E-state index in [9.17, 15) is 0 Å². The number of nitrogens with zero attached hydrogens (tertiary/aromatic N) is 4.